The Labute approximate surface area is 125 Å². The highest BCUT2D eigenvalue weighted by molar-refractivity contribution is 7.99. The molecular formula is C16H22N2OS. The second kappa shape index (κ2) is 6.19. The fourth-order valence-electron chi connectivity index (χ4n) is 3.43. The molecule has 4 heteroatoms. The van der Waals surface area contributed by atoms with Crippen LogP contribution in [0.1, 0.15) is 37.4 Å². The van der Waals surface area contributed by atoms with Gasteiger partial charge in [0.05, 0.1) is 6.54 Å². The van der Waals surface area contributed by atoms with E-state index < -0.39 is 0 Å². The molecule has 1 aromatic carbocycles. The van der Waals surface area contributed by atoms with Gasteiger partial charge >= 0.3 is 0 Å². The summed E-state index contributed by atoms with van der Waals surface area (Å²) in [7, 11) is 0. The number of nitrogens with zero attached hydrogens (tertiary/aromatic N) is 1. The van der Waals surface area contributed by atoms with Crippen LogP contribution in [-0.4, -0.2) is 34.9 Å². The second-order valence-corrected chi connectivity index (χ2v) is 6.81. The summed E-state index contributed by atoms with van der Waals surface area (Å²) in [6.45, 7) is 0.472. The van der Waals surface area contributed by atoms with Gasteiger partial charge in [0.25, 0.3) is 0 Å². The molecule has 3 atom stereocenters. The van der Waals surface area contributed by atoms with Crippen molar-refractivity contribution >= 4 is 17.7 Å². The van der Waals surface area contributed by atoms with E-state index in [1.807, 2.05) is 30.0 Å². The SMILES string of the molecule is CSC1CCCC(N2C(=O)CNC2c2ccccc2)C1. The molecule has 1 N–H and O–H groups in total. The van der Waals surface area contributed by atoms with E-state index in [4.69, 9.17) is 0 Å². The fraction of sp³-hybridized carbons (Fsp3) is 0.562. The third kappa shape index (κ3) is 2.72. The minimum atomic E-state index is 0.0642. The van der Waals surface area contributed by atoms with E-state index in [1.54, 1.807) is 0 Å². The lowest BCUT2D eigenvalue weighted by molar-refractivity contribution is -0.131. The van der Waals surface area contributed by atoms with Crippen molar-refractivity contribution in [2.24, 2.45) is 0 Å². The van der Waals surface area contributed by atoms with Gasteiger partial charge in [-0.2, -0.15) is 11.8 Å². The number of thioether (sulfide) groups is 1. The Hall–Kier alpha value is -1.00. The number of hydrogen-bond acceptors (Lipinski definition) is 3. The normalized spacial score (nSPS) is 30.8. The lowest BCUT2D eigenvalue weighted by Crippen LogP contribution is -2.42. The van der Waals surface area contributed by atoms with Gasteiger partial charge in [-0.15, -0.1) is 0 Å². The Morgan fingerprint density at radius 1 is 1.25 bits per heavy atom. The predicted molar refractivity (Wildman–Crippen MR) is 83.6 cm³/mol. The third-order valence-corrected chi connectivity index (χ3v) is 5.55. The Kier molecular flexibility index (Phi) is 4.32. The Balaban J connectivity index is 1.80. The van der Waals surface area contributed by atoms with Crippen LogP contribution in [0.2, 0.25) is 0 Å². The van der Waals surface area contributed by atoms with Crippen LogP contribution in [-0.2, 0) is 4.79 Å². The molecule has 1 saturated carbocycles. The summed E-state index contributed by atoms with van der Waals surface area (Å²) < 4.78 is 0. The smallest absolute Gasteiger partial charge is 0.238 e. The molecule has 2 fully saturated rings. The van der Waals surface area contributed by atoms with Crippen LogP contribution >= 0.6 is 11.8 Å². The molecule has 1 aliphatic heterocycles. The molecule has 0 bridgehead atoms. The van der Waals surface area contributed by atoms with Crippen LogP contribution in [0.3, 0.4) is 0 Å². The lowest BCUT2D eigenvalue weighted by atomic mass is 9.93. The zero-order valence-electron chi connectivity index (χ0n) is 11.9. The number of carbonyl (C=O) groups is 1. The van der Waals surface area contributed by atoms with Gasteiger partial charge in [0.1, 0.15) is 6.17 Å². The van der Waals surface area contributed by atoms with E-state index in [1.165, 1.54) is 18.4 Å². The summed E-state index contributed by atoms with van der Waals surface area (Å²) in [6, 6.07) is 10.7. The van der Waals surface area contributed by atoms with Gasteiger partial charge in [0.2, 0.25) is 5.91 Å². The van der Waals surface area contributed by atoms with Gasteiger partial charge in [0, 0.05) is 11.3 Å². The molecule has 1 amide bonds. The minimum absolute atomic E-state index is 0.0642. The van der Waals surface area contributed by atoms with Crippen LogP contribution < -0.4 is 5.32 Å². The molecular weight excluding hydrogens is 268 g/mol. The molecule has 108 valence electrons. The second-order valence-electron chi connectivity index (χ2n) is 5.67. The Morgan fingerprint density at radius 2 is 2.05 bits per heavy atom. The maximum Gasteiger partial charge on any atom is 0.238 e. The molecule has 1 heterocycles. The quantitative estimate of drug-likeness (QED) is 0.929. The number of benzene rings is 1. The van der Waals surface area contributed by atoms with Gasteiger partial charge in [-0.3, -0.25) is 10.1 Å². The maximum absolute atomic E-state index is 12.3. The van der Waals surface area contributed by atoms with E-state index >= 15 is 0 Å². The molecule has 3 unspecified atom stereocenters. The first-order valence-electron chi connectivity index (χ1n) is 7.42. The first kappa shape index (κ1) is 14.0. The molecule has 3 nitrogen and oxygen atoms in total. The molecule has 0 spiro atoms. The summed E-state index contributed by atoms with van der Waals surface area (Å²) >= 11 is 1.95. The number of hydrogen-bond donors (Lipinski definition) is 1. The Morgan fingerprint density at radius 3 is 2.80 bits per heavy atom. The summed E-state index contributed by atoms with van der Waals surface area (Å²) in [6.07, 6.45) is 7.07. The average molecular weight is 290 g/mol. The van der Waals surface area contributed by atoms with Crippen LogP contribution in [0, 0.1) is 0 Å². The Bertz CT molecular complexity index is 465. The molecule has 1 aliphatic carbocycles. The highest BCUT2D eigenvalue weighted by atomic mass is 32.2. The molecule has 1 saturated heterocycles. The van der Waals surface area contributed by atoms with Gasteiger partial charge in [-0.25, -0.2) is 0 Å². The molecule has 20 heavy (non-hydrogen) atoms. The van der Waals surface area contributed by atoms with Gasteiger partial charge in [-0.1, -0.05) is 36.8 Å². The standard InChI is InChI=1S/C16H22N2OS/c1-20-14-9-5-8-13(10-14)18-15(19)11-17-16(18)12-6-3-2-4-7-12/h2-4,6-7,13-14,16-17H,5,8-11H2,1H3. The molecule has 0 radical (unpaired) electrons. The van der Waals surface area contributed by atoms with Crippen molar-refractivity contribution in [1.29, 1.82) is 0 Å². The van der Waals surface area contributed by atoms with E-state index in [-0.39, 0.29) is 12.1 Å². The summed E-state index contributed by atoms with van der Waals surface area (Å²) in [5, 5.41) is 4.08. The van der Waals surface area contributed by atoms with E-state index in [0.29, 0.717) is 17.8 Å². The van der Waals surface area contributed by atoms with E-state index in [9.17, 15) is 4.79 Å². The topological polar surface area (TPSA) is 32.3 Å². The zero-order valence-corrected chi connectivity index (χ0v) is 12.7. The van der Waals surface area contributed by atoms with Gasteiger partial charge < -0.3 is 4.90 Å². The first-order chi connectivity index (χ1) is 9.79. The molecule has 3 rings (SSSR count). The summed E-state index contributed by atoms with van der Waals surface area (Å²) in [5.74, 6) is 0.255. The molecule has 2 aliphatic rings. The van der Waals surface area contributed by atoms with E-state index in [2.05, 4.69) is 28.6 Å². The van der Waals surface area contributed by atoms with Crippen LogP contribution in [0.4, 0.5) is 0 Å². The highest BCUT2D eigenvalue weighted by Crippen LogP contribution is 2.34. The molecule has 0 aromatic heterocycles. The van der Waals surface area contributed by atoms with Crippen molar-refractivity contribution in [3.63, 3.8) is 0 Å². The van der Waals surface area contributed by atoms with Crippen LogP contribution in [0.25, 0.3) is 0 Å². The number of nitrogens with one attached hydrogen (secondary N) is 1. The van der Waals surface area contributed by atoms with Crippen molar-refractivity contribution in [3.8, 4) is 0 Å². The number of amides is 1. The van der Waals surface area contributed by atoms with Crippen molar-refractivity contribution in [1.82, 2.24) is 10.2 Å². The van der Waals surface area contributed by atoms with Gasteiger partial charge in [0.15, 0.2) is 0 Å². The van der Waals surface area contributed by atoms with Crippen LogP contribution in [0.15, 0.2) is 30.3 Å². The van der Waals surface area contributed by atoms with E-state index in [0.717, 1.165) is 12.8 Å². The monoisotopic (exact) mass is 290 g/mol. The number of carbonyl (C=O) groups excluding carboxylic acids is 1. The average Bonchev–Trinajstić information content (AvgIpc) is 2.90. The molecule has 1 aromatic rings. The lowest BCUT2D eigenvalue weighted by Gasteiger charge is -2.38. The van der Waals surface area contributed by atoms with Crippen molar-refractivity contribution < 1.29 is 4.79 Å². The minimum Gasteiger partial charge on any atom is -0.319 e. The number of rotatable bonds is 3. The predicted octanol–water partition coefficient (Wildman–Crippen LogP) is 2.79. The summed E-state index contributed by atoms with van der Waals surface area (Å²) in [5.41, 5.74) is 1.20. The maximum atomic E-state index is 12.3. The third-order valence-electron chi connectivity index (χ3n) is 4.45. The van der Waals surface area contributed by atoms with Gasteiger partial charge in [-0.05, 0) is 31.1 Å². The fourth-order valence-corrected chi connectivity index (χ4v) is 4.25. The van der Waals surface area contributed by atoms with Crippen LogP contribution in [0.5, 0.6) is 0 Å². The van der Waals surface area contributed by atoms with Crippen molar-refractivity contribution in [2.75, 3.05) is 12.8 Å². The largest absolute Gasteiger partial charge is 0.319 e. The van der Waals surface area contributed by atoms with Crippen molar-refractivity contribution in [2.45, 2.75) is 43.1 Å². The highest BCUT2D eigenvalue weighted by Gasteiger charge is 2.38. The zero-order chi connectivity index (χ0) is 13.9. The van der Waals surface area contributed by atoms with Crippen molar-refractivity contribution in [3.05, 3.63) is 35.9 Å². The summed E-state index contributed by atoms with van der Waals surface area (Å²) in [4.78, 5) is 14.4. The first-order valence-corrected chi connectivity index (χ1v) is 8.70.